The van der Waals surface area contributed by atoms with Crippen LogP contribution < -0.4 is 0 Å². The second-order valence-corrected chi connectivity index (χ2v) is 4.43. The standard InChI is InChI=1S/C14H21NO2/c1-3-5-7-12-9-10-13(8-6-4-2)14(11-12)15(16)17/h9-11H,3-8H2,1-2H3. The molecule has 1 rings (SSSR count). The molecule has 0 N–H and O–H groups in total. The second-order valence-electron chi connectivity index (χ2n) is 4.43. The van der Waals surface area contributed by atoms with E-state index >= 15 is 0 Å². The number of aryl methyl sites for hydroxylation is 2. The maximum atomic E-state index is 11.0. The van der Waals surface area contributed by atoms with Crippen LogP contribution in [0.3, 0.4) is 0 Å². The first-order valence-corrected chi connectivity index (χ1v) is 6.45. The van der Waals surface area contributed by atoms with Gasteiger partial charge in [-0.1, -0.05) is 38.8 Å². The topological polar surface area (TPSA) is 43.1 Å². The molecule has 0 aliphatic rings. The van der Waals surface area contributed by atoms with Gasteiger partial charge in [0.05, 0.1) is 4.92 Å². The van der Waals surface area contributed by atoms with Gasteiger partial charge in [0.2, 0.25) is 0 Å². The van der Waals surface area contributed by atoms with Crippen molar-refractivity contribution in [1.29, 1.82) is 0 Å². The Kier molecular flexibility index (Phi) is 5.67. The van der Waals surface area contributed by atoms with Gasteiger partial charge in [0.15, 0.2) is 0 Å². The third kappa shape index (κ3) is 4.17. The predicted molar refractivity (Wildman–Crippen MR) is 70.3 cm³/mol. The van der Waals surface area contributed by atoms with Crippen LogP contribution in [0.1, 0.15) is 50.7 Å². The largest absolute Gasteiger partial charge is 0.272 e. The quantitative estimate of drug-likeness (QED) is 0.523. The van der Waals surface area contributed by atoms with Gasteiger partial charge in [-0.3, -0.25) is 10.1 Å². The van der Waals surface area contributed by atoms with Gasteiger partial charge < -0.3 is 0 Å². The Morgan fingerprint density at radius 3 is 2.35 bits per heavy atom. The number of hydrogen-bond acceptors (Lipinski definition) is 2. The van der Waals surface area contributed by atoms with Gasteiger partial charge in [0.1, 0.15) is 0 Å². The van der Waals surface area contributed by atoms with Crippen LogP contribution in [0.4, 0.5) is 5.69 Å². The minimum absolute atomic E-state index is 0.250. The molecule has 0 fully saturated rings. The minimum Gasteiger partial charge on any atom is -0.258 e. The fraction of sp³-hybridized carbons (Fsp3) is 0.571. The minimum atomic E-state index is -0.250. The second kappa shape index (κ2) is 7.05. The fourth-order valence-corrected chi connectivity index (χ4v) is 1.89. The Morgan fingerprint density at radius 1 is 1.12 bits per heavy atom. The molecule has 0 amide bonds. The van der Waals surface area contributed by atoms with E-state index in [0.717, 1.165) is 49.7 Å². The molecule has 0 saturated carbocycles. The summed E-state index contributed by atoms with van der Waals surface area (Å²) in [4.78, 5) is 10.8. The highest BCUT2D eigenvalue weighted by molar-refractivity contribution is 5.43. The molecule has 0 heterocycles. The van der Waals surface area contributed by atoms with Crippen LogP contribution in [-0.2, 0) is 12.8 Å². The number of nitro groups is 1. The van der Waals surface area contributed by atoms with Gasteiger partial charge in [-0.2, -0.15) is 0 Å². The van der Waals surface area contributed by atoms with Crippen molar-refractivity contribution in [3.63, 3.8) is 0 Å². The summed E-state index contributed by atoms with van der Waals surface area (Å²) in [6, 6.07) is 5.72. The van der Waals surface area contributed by atoms with Gasteiger partial charge in [-0.25, -0.2) is 0 Å². The summed E-state index contributed by atoms with van der Waals surface area (Å²) in [5.41, 5.74) is 2.25. The lowest BCUT2D eigenvalue weighted by Gasteiger charge is -2.05. The Balaban J connectivity index is 2.87. The normalized spacial score (nSPS) is 10.5. The first-order valence-electron chi connectivity index (χ1n) is 6.45. The Morgan fingerprint density at radius 2 is 1.76 bits per heavy atom. The molecule has 0 saturated heterocycles. The van der Waals surface area contributed by atoms with E-state index in [1.807, 2.05) is 12.1 Å². The molecule has 0 atom stereocenters. The van der Waals surface area contributed by atoms with E-state index in [0.29, 0.717) is 5.69 Å². The summed E-state index contributed by atoms with van der Waals surface area (Å²) in [5.74, 6) is 0. The van der Waals surface area contributed by atoms with Gasteiger partial charge >= 0.3 is 0 Å². The zero-order chi connectivity index (χ0) is 12.7. The summed E-state index contributed by atoms with van der Waals surface area (Å²) in [7, 11) is 0. The maximum absolute atomic E-state index is 11.0. The van der Waals surface area contributed by atoms with E-state index in [-0.39, 0.29) is 4.92 Å². The van der Waals surface area contributed by atoms with E-state index in [1.165, 1.54) is 0 Å². The molecule has 17 heavy (non-hydrogen) atoms. The molecule has 94 valence electrons. The number of nitro benzene ring substituents is 1. The Bertz CT molecular complexity index is 374. The fourth-order valence-electron chi connectivity index (χ4n) is 1.89. The van der Waals surface area contributed by atoms with Crippen molar-refractivity contribution in [3.8, 4) is 0 Å². The van der Waals surface area contributed by atoms with Crippen molar-refractivity contribution in [2.45, 2.75) is 52.4 Å². The summed E-state index contributed by atoms with van der Waals surface area (Å²) >= 11 is 0. The average Bonchev–Trinajstić information content (AvgIpc) is 2.34. The van der Waals surface area contributed by atoms with Gasteiger partial charge in [0.25, 0.3) is 5.69 Å². The molecular formula is C14H21NO2. The number of benzene rings is 1. The zero-order valence-electron chi connectivity index (χ0n) is 10.7. The highest BCUT2D eigenvalue weighted by Gasteiger charge is 2.13. The summed E-state index contributed by atoms with van der Waals surface area (Å²) in [6.07, 6.45) is 6.02. The third-order valence-corrected chi connectivity index (χ3v) is 2.97. The first kappa shape index (κ1) is 13.7. The van der Waals surface area contributed by atoms with Gasteiger partial charge in [-0.05, 0) is 31.2 Å². The maximum Gasteiger partial charge on any atom is 0.272 e. The molecule has 0 aliphatic heterocycles. The van der Waals surface area contributed by atoms with Crippen LogP contribution >= 0.6 is 0 Å². The third-order valence-electron chi connectivity index (χ3n) is 2.97. The van der Waals surface area contributed by atoms with Crippen molar-refractivity contribution in [2.75, 3.05) is 0 Å². The molecule has 3 heteroatoms. The summed E-state index contributed by atoms with van der Waals surface area (Å²) in [5, 5.41) is 11.0. The lowest BCUT2D eigenvalue weighted by atomic mass is 10.0. The monoisotopic (exact) mass is 235 g/mol. The number of nitrogens with zero attached hydrogens (tertiary/aromatic N) is 1. The van der Waals surface area contributed by atoms with E-state index in [1.54, 1.807) is 6.07 Å². The molecule has 0 radical (unpaired) electrons. The van der Waals surface area contributed by atoms with Crippen molar-refractivity contribution in [2.24, 2.45) is 0 Å². The summed E-state index contributed by atoms with van der Waals surface area (Å²) in [6.45, 7) is 4.23. The molecule has 0 aliphatic carbocycles. The molecular weight excluding hydrogens is 214 g/mol. The van der Waals surface area contributed by atoms with Crippen LogP contribution in [0, 0.1) is 10.1 Å². The highest BCUT2D eigenvalue weighted by Crippen LogP contribution is 2.23. The average molecular weight is 235 g/mol. The van der Waals surface area contributed by atoms with E-state index in [9.17, 15) is 10.1 Å². The molecule has 3 nitrogen and oxygen atoms in total. The Labute approximate surface area is 103 Å². The molecule has 0 aromatic heterocycles. The smallest absolute Gasteiger partial charge is 0.258 e. The van der Waals surface area contributed by atoms with Crippen molar-refractivity contribution < 1.29 is 4.92 Å². The molecule has 0 unspecified atom stereocenters. The van der Waals surface area contributed by atoms with Gasteiger partial charge in [0, 0.05) is 11.6 Å². The van der Waals surface area contributed by atoms with E-state index in [2.05, 4.69) is 13.8 Å². The van der Waals surface area contributed by atoms with Crippen LogP contribution in [-0.4, -0.2) is 4.92 Å². The van der Waals surface area contributed by atoms with Crippen LogP contribution in [0.5, 0.6) is 0 Å². The lowest BCUT2D eigenvalue weighted by molar-refractivity contribution is -0.385. The van der Waals surface area contributed by atoms with Crippen LogP contribution in [0.2, 0.25) is 0 Å². The predicted octanol–water partition coefficient (Wildman–Crippen LogP) is 4.28. The Hall–Kier alpha value is -1.38. The van der Waals surface area contributed by atoms with Crippen molar-refractivity contribution >= 4 is 5.69 Å². The number of rotatable bonds is 7. The number of unbranched alkanes of at least 4 members (excludes halogenated alkanes) is 2. The van der Waals surface area contributed by atoms with Crippen LogP contribution in [0.25, 0.3) is 0 Å². The molecule has 0 spiro atoms. The number of hydrogen-bond donors (Lipinski definition) is 0. The highest BCUT2D eigenvalue weighted by atomic mass is 16.6. The molecule has 0 bridgehead atoms. The van der Waals surface area contributed by atoms with Crippen molar-refractivity contribution in [1.82, 2.24) is 0 Å². The molecule has 1 aromatic carbocycles. The van der Waals surface area contributed by atoms with E-state index < -0.39 is 0 Å². The lowest BCUT2D eigenvalue weighted by Crippen LogP contribution is -1.97. The van der Waals surface area contributed by atoms with Crippen molar-refractivity contribution in [3.05, 3.63) is 39.4 Å². The molecule has 1 aromatic rings. The zero-order valence-corrected chi connectivity index (χ0v) is 10.7. The SMILES string of the molecule is CCCCc1ccc(CCCC)c([N+](=O)[O-])c1. The van der Waals surface area contributed by atoms with Gasteiger partial charge in [-0.15, -0.1) is 0 Å². The first-order chi connectivity index (χ1) is 8.19. The van der Waals surface area contributed by atoms with E-state index in [4.69, 9.17) is 0 Å². The summed E-state index contributed by atoms with van der Waals surface area (Å²) < 4.78 is 0. The van der Waals surface area contributed by atoms with Crippen LogP contribution in [0.15, 0.2) is 18.2 Å².